The molecule has 0 radical (unpaired) electrons. The van der Waals surface area contributed by atoms with Crippen molar-refractivity contribution in [3.8, 4) is 0 Å². The van der Waals surface area contributed by atoms with E-state index >= 15 is 0 Å². The van der Waals surface area contributed by atoms with Crippen LogP contribution in [0.1, 0.15) is 6.42 Å². The van der Waals surface area contributed by atoms with Gasteiger partial charge in [0, 0.05) is 39.8 Å². The molecule has 0 spiro atoms. The van der Waals surface area contributed by atoms with Gasteiger partial charge in [-0.1, -0.05) is 0 Å². The zero-order valence-electron chi connectivity index (χ0n) is 11.5. The average Bonchev–Trinajstić information content (AvgIpc) is 2.36. The second-order valence-corrected chi connectivity index (χ2v) is 4.85. The molecule has 1 heterocycles. The minimum atomic E-state index is -0.557. The zero-order chi connectivity index (χ0) is 13.4. The molecule has 1 amide bonds. The third-order valence-electron chi connectivity index (χ3n) is 3.23. The summed E-state index contributed by atoms with van der Waals surface area (Å²) in [7, 11) is 3.69. The van der Waals surface area contributed by atoms with Crippen LogP contribution < -0.4 is 11.1 Å². The van der Waals surface area contributed by atoms with Gasteiger partial charge in [-0.2, -0.15) is 0 Å². The lowest BCUT2D eigenvalue weighted by Crippen LogP contribution is -2.46. The fourth-order valence-corrected chi connectivity index (χ4v) is 1.97. The summed E-state index contributed by atoms with van der Waals surface area (Å²) in [4.78, 5) is 16.3. The smallest absolute Gasteiger partial charge is 0.239 e. The molecule has 1 rings (SSSR count). The Morgan fingerprint density at radius 1 is 1.39 bits per heavy atom. The van der Waals surface area contributed by atoms with Crippen molar-refractivity contribution in [2.75, 3.05) is 60.0 Å². The van der Waals surface area contributed by atoms with Crippen molar-refractivity contribution in [2.24, 2.45) is 5.73 Å². The predicted molar refractivity (Wildman–Crippen MR) is 71.4 cm³/mol. The number of piperazine rings is 1. The molecule has 6 heteroatoms. The second kappa shape index (κ2) is 8.42. The topological polar surface area (TPSA) is 70.8 Å². The second-order valence-electron chi connectivity index (χ2n) is 4.85. The van der Waals surface area contributed by atoms with Gasteiger partial charge >= 0.3 is 0 Å². The van der Waals surface area contributed by atoms with Gasteiger partial charge in [0.15, 0.2) is 0 Å². The largest absolute Gasteiger partial charge is 0.383 e. The molecule has 6 nitrogen and oxygen atoms in total. The SMILES string of the molecule is COCC(N)C(=O)NCCCN1CCN(C)CC1. The standard InChI is InChI=1S/C12H26N4O2/c1-15-6-8-16(9-7-15)5-3-4-14-12(17)11(13)10-18-2/h11H,3-10,13H2,1-2H3,(H,14,17). The van der Waals surface area contributed by atoms with Crippen molar-refractivity contribution < 1.29 is 9.53 Å². The lowest BCUT2D eigenvalue weighted by atomic mass is 10.3. The van der Waals surface area contributed by atoms with E-state index in [-0.39, 0.29) is 12.5 Å². The molecule has 1 atom stereocenters. The molecule has 1 aliphatic heterocycles. The van der Waals surface area contributed by atoms with Gasteiger partial charge in [0.05, 0.1) is 6.61 Å². The maximum absolute atomic E-state index is 11.5. The average molecular weight is 258 g/mol. The molecular formula is C12H26N4O2. The van der Waals surface area contributed by atoms with Crippen molar-refractivity contribution in [3.63, 3.8) is 0 Å². The normalized spacial score (nSPS) is 19.7. The van der Waals surface area contributed by atoms with Crippen LogP contribution in [0.4, 0.5) is 0 Å². The first-order valence-corrected chi connectivity index (χ1v) is 6.56. The number of nitrogens with zero attached hydrogens (tertiary/aromatic N) is 2. The molecule has 3 N–H and O–H groups in total. The Hall–Kier alpha value is -0.690. The van der Waals surface area contributed by atoms with Gasteiger partial charge in [-0.3, -0.25) is 4.79 Å². The lowest BCUT2D eigenvalue weighted by Gasteiger charge is -2.32. The third kappa shape index (κ3) is 5.77. The monoisotopic (exact) mass is 258 g/mol. The predicted octanol–water partition coefficient (Wildman–Crippen LogP) is -1.29. The molecule has 0 aromatic heterocycles. The summed E-state index contributed by atoms with van der Waals surface area (Å²) in [6.07, 6.45) is 0.967. The highest BCUT2D eigenvalue weighted by atomic mass is 16.5. The summed E-state index contributed by atoms with van der Waals surface area (Å²) in [6.45, 7) is 6.48. The highest BCUT2D eigenvalue weighted by Crippen LogP contribution is 1.99. The first kappa shape index (κ1) is 15.4. The molecule has 0 bridgehead atoms. The van der Waals surface area contributed by atoms with E-state index in [4.69, 9.17) is 10.5 Å². The summed E-state index contributed by atoms with van der Waals surface area (Å²) in [6, 6.07) is -0.557. The van der Waals surface area contributed by atoms with Gasteiger partial charge in [-0.25, -0.2) is 0 Å². The van der Waals surface area contributed by atoms with E-state index in [1.807, 2.05) is 0 Å². The van der Waals surface area contributed by atoms with E-state index in [1.165, 1.54) is 0 Å². The van der Waals surface area contributed by atoms with Crippen molar-refractivity contribution in [2.45, 2.75) is 12.5 Å². The minimum Gasteiger partial charge on any atom is -0.383 e. The number of hydrogen-bond acceptors (Lipinski definition) is 5. The Balaban J connectivity index is 2.02. The van der Waals surface area contributed by atoms with Crippen molar-refractivity contribution >= 4 is 5.91 Å². The van der Waals surface area contributed by atoms with E-state index < -0.39 is 6.04 Å². The van der Waals surface area contributed by atoms with Crippen LogP contribution in [0, 0.1) is 0 Å². The Bertz CT molecular complexity index is 242. The molecule has 1 fully saturated rings. The Labute approximate surface area is 109 Å². The molecule has 18 heavy (non-hydrogen) atoms. The first-order chi connectivity index (χ1) is 8.63. The highest BCUT2D eigenvalue weighted by Gasteiger charge is 2.14. The van der Waals surface area contributed by atoms with Crippen LogP contribution in [-0.4, -0.2) is 81.8 Å². The minimum absolute atomic E-state index is 0.129. The molecule has 0 aromatic rings. The molecule has 1 unspecified atom stereocenters. The maximum Gasteiger partial charge on any atom is 0.239 e. The number of likely N-dealkylation sites (N-methyl/N-ethyl adjacent to an activating group) is 1. The van der Waals surface area contributed by atoms with E-state index in [0.717, 1.165) is 39.1 Å². The van der Waals surface area contributed by atoms with Crippen LogP contribution in [0.5, 0.6) is 0 Å². The van der Waals surface area contributed by atoms with Crippen LogP contribution in [0.25, 0.3) is 0 Å². The fourth-order valence-electron chi connectivity index (χ4n) is 1.97. The number of amides is 1. The van der Waals surface area contributed by atoms with Gasteiger partial charge in [-0.15, -0.1) is 0 Å². The molecular weight excluding hydrogens is 232 g/mol. The summed E-state index contributed by atoms with van der Waals surface area (Å²) in [5, 5.41) is 2.83. The fraction of sp³-hybridized carbons (Fsp3) is 0.917. The van der Waals surface area contributed by atoms with E-state index in [0.29, 0.717) is 6.54 Å². The third-order valence-corrected chi connectivity index (χ3v) is 3.23. The zero-order valence-corrected chi connectivity index (χ0v) is 11.5. The Kier molecular flexibility index (Phi) is 7.19. The van der Waals surface area contributed by atoms with Crippen LogP contribution in [0.3, 0.4) is 0 Å². The highest BCUT2D eigenvalue weighted by molar-refractivity contribution is 5.81. The van der Waals surface area contributed by atoms with Crippen molar-refractivity contribution in [1.82, 2.24) is 15.1 Å². The van der Waals surface area contributed by atoms with Gasteiger partial charge in [0.1, 0.15) is 6.04 Å². The summed E-state index contributed by atoms with van der Waals surface area (Å²) >= 11 is 0. The number of nitrogens with one attached hydrogen (secondary N) is 1. The van der Waals surface area contributed by atoms with Crippen LogP contribution in [0.2, 0.25) is 0 Å². The maximum atomic E-state index is 11.5. The Morgan fingerprint density at radius 2 is 2.06 bits per heavy atom. The number of hydrogen-bond donors (Lipinski definition) is 2. The molecule has 1 aliphatic rings. The number of methoxy groups -OCH3 is 1. The molecule has 106 valence electrons. The quantitative estimate of drug-likeness (QED) is 0.556. The Morgan fingerprint density at radius 3 is 2.67 bits per heavy atom. The van der Waals surface area contributed by atoms with Gasteiger partial charge in [0.2, 0.25) is 5.91 Å². The van der Waals surface area contributed by atoms with Crippen LogP contribution in [-0.2, 0) is 9.53 Å². The summed E-state index contributed by atoms with van der Waals surface area (Å²) in [5.74, 6) is -0.129. The van der Waals surface area contributed by atoms with Crippen LogP contribution >= 0.6 is 0 Å². The number of carbonyl (C=O) groups is 1. The van der Waals surface area contributed by atoms with Gasteiger partial charge in [0.25, 0.3) is 0 Å². The van der Waals surface area contributed by atoms with E-state index in [9.17, 15) is 4.79 Å². The number of ether oxygens (including phenoxy) is 1. The summed E-state index contributed by atoms with van der Waals surface area (Å²) in [5.41, 5.74) is 5.62. The molecule has 1 saturated heterocycles. The number of rotatable bonds is 7. The van der Waals surface area contributed by atoms with Gasteiger partial charge < -0.3 is 25.6 Å². The van der Waals surface area contributed by atoms with E-state index in [1.54, 1.807) is 7.11 Å². The first-order valence-electron chi connectivity index (χ1n) is 6.56. The molecule has 0 aliphatic carbocycles. The van der Waals surface area contributed by atoms with Crippen LogP contribution in [0.15, 0.2) is 0 Å². The number of carbonyl (C=O) groups excluding carboxylic acids is 1. The lowest BCUT2D eigenvalue weighted by molar-refractivity contribution is -0.123. The van der Waals surface area contributed by atoms with E-state index in [2.05, 4.69) is 22.2 Å². The molecule has 0 saturated carbocycles. The summed E-state index contributed by atoms with van der Waals surface area (Å²) < 4.78 is 4.84. The molecule has 0 aromatic carbocycles. The van der Waals surface area contributed by atoms with Crippen molar-refractivity contribution in [1.29, 1.82) is 0 Å². The van der Waals surface area contributed by atoms with Crippen molar-refractivity contribution in [3.05, 3.63) is 0 Å². The number of nitrogens with two attached hydrogens (primary N) is 1. The van der Waals surface area contributed by atoms with Gasteiger partial charge in [-0.05, 0) is 20.0 Å².